The molecular formula is C14H21BrN2O2. The van der Waals surface area contributed by atoms with E-state index in [1.165, 1.54) is 0 Å². The monoisotopic (exact) mass is 328 g/mol. The number of halogens is 1. The van der Waals surface area contributed by atoms with Crippen LogP contribution < -0.4 is 4.74 Å². The van der Waals surface area contributed by atoms with Crippen molar-refractivity contribution < 1.29 is 9.84 Å². The maximum atomic E-state index is 10.1. The van der Waals surface area contributed by atoms with E-state index in [-0.39, 0.29) is 0 Å². The Morgan fingerprint density at radius 1 is 1.47 bits per heavy atom. The van der Waals surface area contributed by atoms with Gasteiger partial charge >= 0.3 is 0 Å². The summed E-state index contributed by atoms with van der Waals surface area (Å²) < 4.78 is 6.27. The largest absolute Gasteiger partial charge is 0.481 e. The second kappa shape index (κ2) is 6.20. The molecule has 4 nitrogen and oxygen atoms in total. The number of hydrogen-bond acceptors (Lipinski definition) is 4. The van der Waals surface area contributed by atoms with Crippen LogP contribution in [0.3, 0.4) is 0 Å². The Labute approximate surface area is 122 Å². The van der Waals surface area contributed by atoms with Crippen LogP contribution in [0, 0.1) is 0 Å². The molecule has 5 heteroatoms. The summed E-state index contributed by atoms with van der Waals surface area (Å²) in [6, 6.07) is 2.05. The molecule has 106 valence electrons. The van der Waals surface area contributed by atoms with Gasteiger partial charge in [-0.15, -0.1) is 0 Å². The van der Waals surface area contributed by atoms with E-state index in [2.05, 4.69) is 31.9 Å². The smallest absolute Gasteiger partial charge is 0.217 e. The lowest BCUT2D eigenvalue weighted by atomic mass is 9.98. The molecule has 1 unspecified atom stereocenters. The van der Waals surface area contributed by atoms with E-state index in [9.17, 15) is 5.11 Å². The van der Waals surface area contributed by atoms with Crippen molar-refractivity contribution in [3.05, 3.63) is 22.3 Å². The molecule has 0 saturated carbocycles. The number of hydrogen-bond donors (Lipinski definition) is 1. The number of methoxy groups -OCH3 is 1. The molecule has 0 spiro atoms. The minimum absolute atomic E-state index is 0.519. The lowest BCUT2D eigenvalue weighted by molar-refractivity contribution is 0.0444. The molecule has 0 bridgehead atoms. The van der Waals surface area contributed by atoms with E-state index in [0.29, 0.717) is 5.88 Å². The van der Waals surface area contributed by atoms with Gasteiger partial charge < -0.3 is 9.84 Å². The van der Waals surface area contributed by atoms with Gasteiger partial charge in [-0.2, -0.15) is 0 Å². The number of aromatic nitrogens is 1. The number of pyridine rings is 1. The van der Waals surface area contributed by atoms with Crippen molar-refractivity contribution in [3.8, 4) is 5.88 Å². The molecule has 1 aromatic rings. The zero-order valence-corrected chi connectivity index (χ0v) is 13.1. The van der Waals surface area contributed by atoms with Gasteiger partial charge in [-0.3, -0.25) is 4.90 Å². The van der Waals surface area contributed by atoms with Gasteiger partial charge in [-0.05, 0) is 54.7 Å². The minimum atomic E-state index is -0.519. The van der Waals surface area contributed by atoms with Gasteiger partial charge in [0.05, 0.1) is 12.7 Å². The molecule has 19 heavy (non-hydrogen) atoms. The highest BCUT2D eigenvalue weighted by Gasteiger charge is 2.25. The summed E-state index contributed by atoms with van der Waals surface area (Å²) in [6.07, 6.45) is 4.46. The second-order valence-electron chi connectivity index (χ2n) is 5.45. The number of ether oxygens (including phenoxy) is 1. The molecule has 0 aromatic carbocycles. The molecule has 1 aliphatic rings. The van der Waals surface area contributed by atoms with Crippen molar-refractivity contribution in [1.82, 2.24) is 9.88 Å². The maximum Gasteiger partial charge on any atom is 0.217 e. The molecule has 1 fully saturated rings. The minimum Gasteiger partial charge on any atom is -0.481 e. The van der Waals surface area contributed by atoms with Crippen LogP contribution in [0.1, 0.15) is 31.7 Å². The van der Waals surface area contributed by atoms with Gasteiger partial charge in [0, 0.05) is 29.3 Å². The van der Waals surface area contributed by atoms with E-state index in [4.69, 9.17) is 4.74 Å². The maximum absolute atomic E-state index is 10.1. The fraction of sp³-hybridized carbons (Fsp3) is 0.643. The average molecular weight is 329 g/mol. The van der Waals surface area contributed by atoms with Crippen LogP contribution in [-0.2, 0) is 6.54 Å². The molecule has 0 radical (unpaired) electrons. The van der Waals surface area contributed by atoms with Crippen molar-refractivity contribution in [2.45, 2.75) is 38.3 Å². The van der Waals surface area contributed by atoms with E-state index < -0.39 is 5.60 Å². The van der Waals surface area contributed by atoms with Crippen LogP contribution in [0.15, 0.2) is 16.7 Å². The molecule has 1 aliphatic heterocycles. The molecule has 1 aromatic heterocycles. The molecule has 2 rings (SSSR count). The van der Waals surface area contributed by atoms with Crippen molar-refractivity contribution >= 4 is 15.9 Å². The lowest BCUT2D eigenvalue weighted by Crippen LogP contribution is -2.28. The summed E-state index contributed by atoms with van der Waals surface area (Å²) in [5.41, 5.74) is 0.562. The topological polar surface area (TPSA) is 45.6 Å². The predicted molar refractivity (Wildman–Crippen MR) is 78.2 cm³/mol. The Hall–Kier alpha value is -0.650. The zero-order valence-electron chi connectivity index (χ0n) is 11.5. The summed E-state index contributed by atoms with van der Waals surface area (Å²) in [7, 11) is 1.65. The summed E-state index contributed by atoms with van der Waals surface area (Å²) >= 11 is 3.45. The second-order valence-corrected chi connectivity index (χ2v) is 6.36. The van der Waals surface area contributed by atoms with Gasteiger partial charge in [-0.25, -0.2) is 4.98 Å². The molecule has 1 saturated heterocycles. The average Bonchev–Trinajstić information content (AvgIpc) is 2.51. The first-order chi connectivity index (χ1) is 9.00. The van der Waals surface area contributed by atoms with E-state index in [0.717, 1.165) is 48.9 Å². The number of likely N-dealkylation sites (tertiary alicyclic amines) is 1. The quantitative estimate of drug-likeness (QED) is 0.926. The summed E-state index contributed by atoms with van der Waals surface area (Å²) in [5.74, 6) is 0.680. The third-order valence-electron chi connectivity index (χ3n) is 3.64. The summed E-state index contributed by atoms with van der Waals surface area (Å²) in [6.45, 7) is 4.65. The van der Waals surface area contributed by atoms with Crippen LogP contribution in [0.4, 0.5) is 0 Å². The third kappa shape index (κ3) is 4.16. The standard InChI is InChI=1S/C14H21BrN2O2/c1-14(18)4-3-6-17(7-5-14)10-11-8-12(15)9-16-13(11)19-2/h8-9,18H,3-7,10H2,1-2H3. The van der Waals surface area contributed by atoms with Gasteiger partial charge in [0.25, 0.3) is 0 Å². The van der Waals surface area contributed by atoms with Gasteiger partial charge in [-0.1, -0.05) is 0 Å². The summed E-state index contributed by atoms with van der Waals surface area (Å²) in [5, 5.41) is 10.1. The van der Waals surface area contributed by atoms with Crippen molar-refractivity contribution in [2.24, 2.45) is 0 Å². The van der Waals surface area contributed by atoms with Gasteiger partial charge in [0.2, 0.25) is 5.88 Å². The third-order valence-corrected chi connectivity index (χ3v) is 4.07. The Bertz CT molecular complexity index is 437. The first-order valence-corrected chi connectivity index (χ1v) is 7.43. The molecule has 1 N–H and O–H groups in total. The van der Waals surface area contributed by atoms with Crippen LogP contribution in [0.25, 0.3) is 0 Å². The normalized spacial score (nSPS) is 25.1. The van der Waals surface area contributed by atoms with Crippen LogP contribution in [-0.4, -0.2) is 40.8 Å². The van der Waals surface area contributed by atoms with Crippen molar-refractivity contribution in [1.29, 1.82) is 0 Å². The molecule has 1 atom stereocenters. The summed E-state index contributed by atoms with van der Waals surface area (Å²) in [4.78, 5) is 6.62. The Morgan fingerprint density at radius 2 is 2.26 bits per heavy atom. The van der Waals surface area contributed by atoms with E-state index >= 15 is 0 Å². The molecule has 2 heterocycles. The van der Waals surface area contributed by atoms with Crippen LogP contribution in [0.2, 0.25) is 0 Å². The molecule has 0 amide bonds. The fourth-order valence-corrected chi connectivity index (χ4v) is 2.86. The van der Waals surface area contributed by atoms with E-state index in [1.54, 1.807) is 13.3 Å². The number of aliphatic hydroxyl groups is 1. The SMILES string of the molecule is COc1ncc(Br)cc1CN1CCCC(C)(O)CC1. The van der Waals surface area contributed by atoms with Crippen LogP contribution in [0.5, 0.6) is 5.88 Å². The highest BCUT2D eigenvalue weighted by atomic mass is 79.9. The van der Waals surface area contributed by atoms with Crippen molar-refractivity contribution in [3.63, 3.8) is 0 Å². The van der Waals surface area contributed by atoms with Crippen LogP contribution >= 0.6 is 15.9 Å². The Morgan fingerprint density at radius 3 is 3.00 bits per heavy atom. The molecule has 0 aliphatic carbocycles. The number of nitrogens with zero attached hydrogens (tertiary/aromatic N) is 2. The fourth-order valence-electron chi connectivity index (χ4n) is 2.48. The molecular weight excluding hydrogens is 308 g/mol. The first kappa shape index (κ1) is 14.8. The zero-order chi connectivity index (χ0) is 13.9. The number of rotatable bonds is 3. The van der Waals surface area contributed by atoms with Gasteiger partial charge in [0.1, 0.15) is 0 Å². The lowest BCUT2D eigenvalue weighted by Gasteiger charge is -2.23. The van der Waals surface area contributed by atoms with Crippen molar-refractivity contribution in [2.75, 3.05) is 20.2 Å². The van der Waals surface area contributed by atoms with Gasteiger partial charge in [0.15, 0.2) is 0 Å². The Balaban J connectivity index is 2.06. The van der Waals surface area contributed by atoms with E-state index in [1.807, 2.05) is 6.92 Å². The Kier molecular flexibility index (Phi) is 4.81. The highest BCUT2D eigenvalue weighted by molar-refractivity contribution is 9.10. The first-order valence-electron chi connectivity index (χ1n) is 6.63. The highest BCUT2D eigenvalue weighted by Crippen LogP contribution is 2.25. The predicted octanol–water partition coefficient (Wildman–Crippen LogP) is 2.59.